The van der Waals surface area contributed by atoms with Crippen molar-refractivity contribution >= 4 is 12.6 Å². The normalized spacial score (nSPS) is 15.1. The van der Waals surface area contributed by atoms with E-state index >= 15 is 0 Å². The molecule has 0 atom stereocenters. The predicted octanol–water partition coefficient (Wildman–Crippen LogP) is 0.294. The van der Waals surface area contributed by atoms with Crippen LogP contribution in [0.25, 0.3) is 0 Å². The average Bonchev–Trinajstić information content (AvgIpc) is 3.00. The van der Waals surface area contributed by atoms with Gasteiger partial charge in [-0.1, -0.05) is 0 Å². The highest BCUT2D eigenvalue weighted by molar-refractivity contribution is 6.58. The molecule has 0 amide bonds. The molecule has 2 N–H and O–H groups in total. The second kappa shape index (κ2) is 4.20. The summed E-state index contributed by atoms with van der Waals surface area (Å²) in [7, 11) is -1.80. The Kier molecular flexibility index (Phi) is 2.93. The Bertz CT molecular complexity index is 353. The lowest BCUT2D eigenvalue weighted by Crippen LogP contribution is -2.32. The minimum Gasteiger partial charge on any atom is -0.493 e. The Morgan fingerprint density at radius 3 is 2.73 bits per heavy atom. The lowest BCUT2D eigenvalue weighted by molar-refractivity contribution is 0.299. The molecular formula is C10H12BFO3. The van der Waals surface area contributed by atoms with Crippen LogP contribution in [-0.4, -0.2) is 23.8 Å². The first kappa shape index (κ1) is 10.5. The number of rotatable bonds is 4. The predicted molar refractivity (Wildman–Crippen MR) is 54.4 cm³/mol. The largest absolute Gasteiger partial charge is 0.493 e. The van der Waals surface area contributed by atoms with Gasteiger partial charge >= 0.3 is 7.12 Å². The van der Waals surface area contributed by atoms with Gasteiger partial charge in [-0.15, -0.1) is 0 Å². The Balaban J connectivity index is 2.06. The van der Waals surface area contributed by atoms with E-state index in [1.165, 1.54) is 31.0 Å². The van der Waals surface area contributed by atoms with Gasteiger partial charge in [0.05, 0.1) is 6.61 Å². The fraction of sp³-hybridized carbons (Fsp3) is 0.400. The molecule has 15 heavy (non-hydrogen) atoms. The monoisotopic (exact) mass is 210 g/mol. The lowest BCUT2D eigenvalue weighted by atomic mass is 9.80. The molecule has 1 aromatic carbocycles. The molecule has 3 nitrogen and oxygen atoms in total. The van der Waals surface area contributed by atoms with Gasteiger partial charge in [-0.25, -0.2) is 4.39 Å². The Hall–Kier alpha value is -1.07. The maximum Gasteiger partial charge on any atom is 0.491 e. The number of halogens is 1. The maximum atomic E-state index is 13.1. The lowest BCUT2D eigenvalue weighted by Gasteiger charge is -2.07. The summed E-state index contributed by atoms with van der Waals surface area (Å²) in [5.74, 6) is 0.452. The Morgan fingerprint density at radius 1 is 1.40 bits per heavy atom. The van der Waals surface area contributed by atoms with E-state index in [4.69, 9.17) is 14.8 Å². The summed E-state index contributed by atoms with van der Waals surface area (Å²) in [5, 5.41) is 17.8. The van der Waals surface area contributed by atoms with Gasteiger partial charge in [0.15, 0.2) is 0 Å². The Labute approximate surface area is 87.6 Å². The number of ether oxygens (including phenoxy) is 1. The second-order valence-electron chi connectivity index (χ2n) is 3.81. The highest BCUT2D eigenvalue weighted by Gasteiger charge is 2.22. The van der Waals surface area contributed by atoms with E-state index in [0.717, 1.165) is 0 Å². The van der Waals surface area contributed by atoms with Crippen LogP contribution in [0.1, 0.15) is 12.8 Å². The minimum atomic E-state index is -1.80. The van der Waals surface area contributed by atoms with Crippen molar-refractivity contribution in [3.8, 4) is 5.75 Å². The summed E-state index contributed by atoms with van der Waals surface area (Å²) in [6.45, 7) is 0.618. The zero-order valence-electron chi connectivity index (χ0n) is 8.19. The van der Waals surface area contributed by atoms with E-state index in [0.29, 0.717) is 18.3 Å². The average molecular weight is 210 g/mol. The van der Waals surface area contributed by atoms with Crippen LogP contribution in [0.4, 0.5) is 4.39 Å². The summed E-state index contributed by atoms with van der Waals surface area (Å²) in [6.07, 6.45) is 2.35. The first-order valence-electron chi connectivity index (χ1n) is 4.95. The molecule has 2 rings (SSSR count). The zero-order valence-corrected chi connectivity index (χ0v) is 8.19. The van der Waals surface area contributed by atoms with Gasteiger partial charge in [-0.05, 0) is 37.0 Å². The van der Waals surface area contributed by atoms with E-state index in [1.54, 1.807) is 0 Å². The van der Waals surface area contributed by atoms with Crippen molar-refractivity contribution in [3.05, 3.63) is 24.0 Å². The fourth-order valence-corrected chi connectivity index (χ4v) is 1.31. The van der Waals surface area contributed by atoms with Gasteiger partial charge in [0.2, 0.25) is 0 Å². The molecule has 1 saturated carbocycles. The van der Waals surface area contributed by atoms with Gasteiger partial charge < -0.3 is 14.8 Å². The van der Waals surface area contributed by atoms with Crippen LogP contribution >= 0.6 is 0 Å². The molecule has 0 heterocycles. The highest BCUT2D eigenvalue weighted by atomic mass is 19.1. The minimum absolute atomic E-state index is 0.150. The van der Waals surface area contributed by atoms with Crippen molar-refractivity contribution in [3.63, 3.8) is 0 Å². The molecule has 1 aromatic rings. The molecule has 1 aliphatic rings. The topological polar surface area (TPSA) is 49.7 Å². The third-order valence-electron chi connectivity index (χ3n) is 2.43. The van der Waals surface area contributed by atoms with Crippen LogP contribution in [0.3, 0.4) is 0 Å². The van der Waals surface area contributed by atoms with Gasteiger partial charge in [0.1, 0.15) is 11.6 Å². The third-order valence-corrected chi connectivity index (χ3v) is 2.43. The van der Waals surface area contributed by atoms with Crippen LogP contribution in [0, 0.1) is 11.7 Å². The molecule has 0 aliphatic heterocycles. The smallest absolute Gasteiger partial charge is 0.491 e. The van der Waals surface area contributed by atoms with Crippen LogP contribution in [-0.2, 0) is 0 Å². The van der Waals surface area contributed by atoms with E-state index in [-0.39, 0.29) is 5.46 Å². The zero-order chi connectivity index (χ0) is 10.8. The van der Waals surface area contributed by atoms with Gasteiger partial charge in [0, 0.05) is 5.46 Å². The number of hydrogen-bond acceptors (Lipinski definition) is 3. The molecule has 0 bridgehead atoms. The van der Waals surface area contributed by atoms with Crippen molar-refractivity contribution < 1.29 is 19.2 Å². The van der Waals surface area contributed by atoms with Crippen molar-refractivity contribution in [2.75, 3.05) is 6.61 Å². The van der Waals surface area contributed by atoms with E-state index in [9.17, 15) is 4.39 Å². The molecule has 1 aliphatic carbocycles. The van der Waals surface area contributed by atoms with Crippen LogP contribution in [0.2, 0.25) is 0 Å². The first-order valence-corrected chi connectivity index (χ1v) is 4.95. The van der Waals surface area contributed by atoms with Gasteiger partial charge in [-0.2, -0.15) is 0 Å². The Morgan fingerprint density at radius 2 is 2.13 bits per heavy atom. The van der Waals surface area contributed by atoms with Crippen molar-refractivity contribution in [2.45, 2.75) is 12.8 Å². The van der Waals surface area contributed by atoms with Crippen LogP contribution in [0.5, 0.6) is 5.75 Å². The van der Waals surface area contributed by atoms with E-state index in [1.807, 2.05) is 0 Å². The fourth-order valence-electron chi connectivity index (χ4n) is 1.31. The van der Waals surface area contributed by atoms with Crippen LogP contribution in [0.15, 0.2) is 18.2 Å². The van der Waals surface area contributed by atoms with Crippen molar-refractivity contribution in [1.29, 1.82) is 0 Å². The standard InChI is InChI=1S/C10H12BFO3/c12-10-4-3-8(5-9(10)11(13)14)15-6-7-1-2-7/h3-5,7,13-14H,1-2,6H2. The molecule has 0 spiro atoms. The van der Waals surface area contributed by atoms with Crippen molar-refractivity contribution in [2.24, 2.45) is 5.92 Å². The SMILES string of the molecule is OB(O)c1cc(OCC2CC2)ccc1F. The summed E-state index contributed by atoms with van der Waals surface area (Å²) < 4.78 is 18.4. The number of hydrogen-bond donors (Lipinski definition) is 2. The second-order valence-corrected chi connectivity index (χ2v) is 3.81. The van der Waals surface area contributed by atoms with Gasteiger partial charge in [-0.3, -0.25) is 0 Å². The summed E-state index contributed by atoms with van der Waals surface area (Å²) in [4.78, 5) is 0. The molecule has 0 saturated heterocycles. The van der Waals surface area contributed by atoms with E-state index in [2.05, 4.69) is 0 Å². The molecular weight excluding hydrogens is 198 g/mol. The molecule has 0 aromatic heterocycles. The van der Waals surface area contributed by atoms with E-state index < -0.39 is 12.9 Å². The quantitative estimate of drug-likeness (QED) is 0.702. The molecule has 1 fully saturated rings. The molecule has 5 heteroatoms. The summed E-state index contributed by atoms with van der Waals surface area (Å²) in [5.41, 5.74) is -0.150. The molecule has 0 radical (unpaired) electrons. The molecule has 0 unspecified atom stereocenters. The summed E-state index contributed by atoms with van der Waals surface area (Å²) in [6, 6.07) is 3.99. The van der Waals surface area contributed by atoms with Crippen molar-refractivity contribution in [1.82, 2.24) is 0 Å². The molecule has 80 valence electrons. The third kappa shape index (κ3) is 2.70. The number of benzene rings is 1. The van der Waals surface area contributed by atoms with Gasteiger partial charge in [0.25, 0.3) is 0 Å². The first-order chi connectivity index (χ1) is 7.16. The maximum absolute atomic E-state index is 13.1. The highest BCUT2D eigenvalue weighted by Crippen LogP contribution is 2.29. The van der Waals surface area contributed by atoms with Crippen LogP contribution < -0.4 is 10.2 Å². The summed E-state index contributed by atoms with van der Waals surface area (Å²) >= 11 is 0.